The number of aromatic nitrogens is 1. The minimum Gasteiger partial charge on any atom is -0.310 e. The highest BCUT2D eigenvalue weighted by atomic mass is 32.2. The predicted octanol–water partition coefficient (Wildman–Crippen LogP) is 4.55. The SMILES string of the molecule is CCNC(C)c1sc(CSc2ccccc2F)nc1C. The van der Waals surface area contributed by atoms with Gasteiger partial charge in [0.15, 0.2) is 0 Å². The minimum atomic E-state index is -0.160. The molecule has 0 aliphatic rings. The molecule has 0 spiro atoms. The number of nitrogens with zero attached hydrogens (tertiary/aromatic N) is 1. The van der Waals surface area contributed by atoms with E-state index in [0.717, 1.165) is 17.2 Å². The number of hydrogen-bond acceptors (Lipinski definition) is 4. The van der Waals surface area contributed by atoms with Crippen LogP contribution in [0.2, 0.25) is 0 Å². The molecule has 2 nitrogen and oxygen atoms in total. The van der Waals surface area contributed by atoms with Crippen LogP contribution in [-0.2, 0) is 5.75 Å². The van der Waals surface area contributed by atoms with E-state index >= 15 is 0 Å². The average molecular weight is 310 g/mol. The van der Waals surface area contributed by atoms with Crippen LogP contribution < -0.4 is 5.32 Å². The van der Waals surface area contributed by atoms with E-state index in [1.54, 1.807) is 17.4 Å². The van der Waals surface area contributed by atoms with Crippen molar-refractivity contribution in [3.05, 3.63) is 45.7 Å². The molecule has 1 heterocycles. The first-order valence-electron chi connectivity index (χ1n) is 6.68. The molecule has 0 saturated heterocycles. The molecule has 0 amide bonds. The van der Waals surface area contributed by atoms with Crippen LogP contribution >= 0.6 is 23.1 Å². The Kier molecular flexibility index (Phi) is 5.57. The molecule has 2 rings (SSSR count). The van der Waals surface area contributed by atoms with Crippen molar-refractivity contribution in [1.29, 1.82) is 0 Å². The van der Waals surface area contributed by atoms with Gasteiger partial charge in [0.05, 0.1) is 11.4 Å². The van der Waals surface area contributed by atoms with E-state index in [-0.39, 0.29) is 5.82 Å². The maximum Gasteiger partial charge on any atom is 0.136 e. The van der Waals surface area contributed by atoms with Crippen molar-refractivity contribution in [2.75, 3.05) is 6.54 Å². The van der Waals surface area contributed by atoms with E-state index in [1.807, 2.05) is 19.1 Å². The number of halogens is 1. The topological polar surface area (TPSA) is 24.9 Å². The van der Waals surface area contributed by atoms with Gasteiger partial charge in [0.1, 0.15) is 10.8 Å². The molecule has 0 fully saturated rings. The molecular formula is C15H19FN2S2. The fourth-order valence-electron chi connectivity index (χ4n) is 2.03. The first-order valence-corrected chi connectivity index (χ1v) is 8.49. The van der Waals surface area contributed by atoms with Crippen LogP contribution in [0.5, 0.6) is 0 Å². The lowest BCUT2D eigenvalue weighted by Gasteiger charge is -2.09. The normalized spacial score (nSPS) is 12.6. The molecule has 0 bridgehead atoms. The Labute approximate surface area is 127 Å². The van der Waals surface area contributed by atoms with Gasteiger partial charge in [-0.1, -0.05) is 19.1 Å². The molecule has 1 atom stereocenters. The number of thiazole rings is 1. The second-order valence-corrected chi connectivity index (χ2v) is 6.69. The van der Waals surface area contributed by atoms with E-state index in [2.05, 4.69) is 24.1 Å². The van der Waals surface area contributed by atoms with Gasteiger partial charge in [-0.2, -0.15) is 0 Å². The van der Waals surface area contributed by atoms with Crippen molar-refractivity contribution < 1.29 is 4.39 Å². The molecule has 5 heteroatoms. The van der Waals surface area contributed by atoms with Crippen LogP contribution in [0, 0.1) is 12.7 Å². The first kappa shape index (κ1) is 15.5. The Morgan fingerprint density at radius 3 is 2.85 bits per heavy atom. The Balaban J connectivity index is 2.04. The van der Waals surface area contributed by atoms with E-state index in [1.165, 1.54) is 22.7 Å². The quantitative estimate of drug-likeness (QED) is 0.792. The van der Waals surface area contributed by atoms with Crippen molar-refractivity contribution in [2.24, 2.45) is 0 Å². The van der Waals surface area contributed by atoms with E-state index in [4.69, 9.17) is 0 Å². The van der Waals surface area contributed by atoms with Crippen LogP contribution in [0.25, 0.3) is 0 Å². The third kappa shape index (κ3) is 3.81. The standard InChI is InChI=1S/C15H19FN2S2/c1-4-17-10(2)15-11(3)18-14(20-15)9-19-13-8-6-5-7-12(13)16/h5-8,10,17H,4,9H2,1-3H3. The Hall–Kier alpha value is -0.910. The summed E-state index contributed by atoms with van der Waals surface area (Å²) in [5.74, 6) is 0.553. The summed E-state index contributed by atoms with van der Waals surface area (Å²) in [7, 11) is 0. The Morgan fingerprint density at radius 1 is 1.40 bits per heavy atom. The zero-order valence-corrected chi connectivity index (χ0v) is 13.6. The van der Waals surface area contributed by atoms with Crippen molar-refractivity contribution >= 4 is 23.1 Å². The van der Waals surface area contributed by atoms with Gasteiger partial charge in [0.25, 0.3) is 0 Å². The number of benzene rings is 1. The maximum absolute atomic E-state index is 13.6. The van der Waals surface area contributed by atoms with Gasteiger partial charge in [-0.05, 0) is 32.5 Å². The Bertz CT molecular complexity index is 569. The molecule has 108 valence electrons. The highest BCUT2D eigenvalue weighted by Gasteiger charge is 2.14. The second-order valence-electron chi connectivity index (χ2n) is 4.56. The molecular weight excluding hydrogens is 291 g/mol. The molecule has 1 aromatic heterocycles. The van der Waals surface area contributed by atoms with Crippen LogP contribution in [0.4, 0.5) is 4.39 Å². The molecule has 1 N–H and O–H groups in total. The van der Waals surface area contributed by atoms with Gasteiger partial charge in [-0.3, -0.25) is 0 Å². The number of hydrogen-bond donors (Lipinski definition) is 1. The summed E-state index contributed by atoms with van der Waals surface area (Å²) in [6.45, 7) is 7.23. The summed E-state index contributed by atoms with van der Waals surface area (Å²) in [6.07, 6.45) is 0. The van der Waals surface area contributed by atoms with Gasteiger partial charge in [0, 0.05) is 15.8 Å². The first-order chi connectivity index (χ1) is 9.61. The van der Waals surface area contributed by atoms with Crippen LogP contribution in [0.1, 0.15) is 35.5 Å². The van der Waals surface area contributed by atoms with Crippen LogP contribution in [0.15, 0.2) is 29.2 Å². The third-order valence-corrected chi connectivity index (χ3v) is 5.55. The fourth-order valence-corrected chi connectivity index (χ4v) is 4.06. The molecule has 1 unspecified atom stereocenters. The minimum absolute atomic E-state index is 0.160. The highest BCUT2D eigenvalue weighted by Crippen LogP contribution is 2.30. The molecule has 1 aromatic carbocycles. The fraction of sp³-hybridized carbons (Fsp3) is 0.400. The van der Waals surface area contributed by atoms with Gasteiger partial charge in [0.2, 0.25) is 0 Å². The summed E-state index contributed by atoms with van der Waals surface area (Å²) in [5, 5.41) is 4.45. The maximum atomic E-state index is 13.6. The molecule has 0 aliphatic carbocycles. The van der Waals surface area contributed by atoms with Gasteiger partial charge < -0.3 is 5.32 Å². The highest BCUT2D eigenvalue weighted by molar-refractivity contribution is 7.98. The lowest BCUT2D eigenvalue weighted by molar-refractivity contribution is 0.602. The number of thioether (sulfide) groups is 1. The molecule has 0 radical (unpaired) electrons. The van der Waals surface area contributed by atoms with E-state index in [9.17, 15) is 4.39 Å². The van der Waals surface area contributed by atoms with Crippen LogP contribution in [-0.4, -0.2) is 11.5 Å². The van der Waals surface area contributed by atoms with Crippen molar-refractivity contribution in [3.8, 4) is 0 Å². The summed E-state index contributed by atoms with van der Waals surface area (Å²) < 4.78 is 13.6. The lowest BCUT2D eigenvalue weighted by Crippen LogP contribution is -2.17. The number of rotatable bonds is 6. The molecule has 20 heavy (non-hydrogen) atoms. The zero-order valence-electron chi connectivity index (χ0n) is 11.9. The second kappa shape index (κ2) is 7.20. The van der Waals surface area contributed by atoms with Crippen molar-refractivity contribution in [2.45, 2.75) is 37.5 Å². The summed E-state index contributed by atoms with van der Waals surface area (Å²) in [6, 6.07) is 7.20. The summed E-state index contributed by atoms with van der Waals surface area (Å²) in [5.41, 5.74) is 1.08. The average Bonchev–Trinajstić information content (AvgIpc) is 2.79. The van der Waals surface area contributed by atoms with Gasteiger partial charge in [-0.15, -0.1) is 23.1 Å². The number of aryl methyl sites for hydroxylation is 1. The van der Waals surface area contributed by atoms with Gasteiger partial charge >= 0.3 is 0 Å². The van der Waals surface area contributed by atoms with E-state index < -0.39 is 0 Å². The largest absolute Gasteiger partial charge is 0.310 e. The Morgan fingerprint density at radius 2 is 2.15 bits per heavy atom. The third-order valence-electron chi connectivity index (χ3n) is 2.97. The van der Waals surface area contributed by atoms with E-state index in [0.29, 0.717) is 16.7 Å². The zero-order chi connectivity index (χ0) is 14.5. The molecule has 2 aromatic rings. The molecule has 0 saturated carbocycles. The van der Waals surface area contributed by atoms with Crippen LogP contribution in [0.3, 0.4) is 0 Å². The molecule has 0 aliphatic heterocycles. The van der Waals surface area contributed by atoms with Crippen molar-refractivity contribution in [3.63, 3.8) is 0 Å². The smallest absolute Gasteiger partial charge is 0.136 e. The van der Waals surface area contributed by atoms with Gasteiger partial charge in [-0.25, -0.2) is 9.37 Å². The summed E-state index contributed by atoms with van der Waals surface area (Å²) in [4.78, 5) is 6.55. The monoisotopic (exact) mass is 310 g/mol. The number of nitrogens with one attached hydrogen (secondary N) is 1. The van der Waals surface area contributed by atoms with Crippen molar-refractivity contribution in [1.82, 2.24) is 10.3 Å². The predicted molar refractivity (Wildman–Crippen MR) is 84.9 cm³/mol. The summed E-state index contributed by atoms with van der Waals surface area (Å²) >= 11 is 3.22. The lowest BCUT2D eigenvalue weighted by atomic mass is 10.2.